The molecule has 0 bridgehead atoms. The van der Waals surface area contributed by atoms with Crippen LogP contribution >= 0.6 is 0 Å². The quantitative estimate of drug-likeness (QED) is 0.591. The molecule has 0 amide bonds. The van der Waals surface area contributed by atoms with E-state index in [-0.39, 0.29) is 0 Å². The summed E-state index contributed by atoms with van der Waals surface area (Å²) in [5.41, 5.74) is 0.874. The summed E-state index contributed by atoms with van der Waals surface area (Å²) in [7, 11) is 0. The summed E-state index contributed by atoms with van der Waals surface area (Å²) in [5.74, 6) is 0.514. The van der Waals surface area contributed by atoms with Gasteiger partial charge in [0.1, 0.15) is 11.8 Å². The fraction of sp³-hybridized carbons (Fsp3) is 0. The molecule has 10 heavy (non-hydrogen) atoms. The highest BCUT2D eigenvalue weighted by Gasteiger charge is 2.00. The summed E-state index contributed by atoms with van der Waals surface area (Å²) in [6, 6.07) is 1.79. The first kappa shape index (κ1) is 5.22. The lowest BCUT2D eigenvalue weighted by atomic mass is 10.6. The Balaban J connectivity index is 2.88. The standard InChI is InChI=1S/C6H5N3O/c7-3-6-8-4-5-1-2-10-9(5)6/h1-4,7H. The Labute approximate surface area is 56.6 Å². The number of rotatable bonds is 1. The predicted molar refractivity (Wildman–Crippen MR) is 35.3 cm³/mol. The highest BCUT2D eigenvalue weighted by Crippen LogP contribution is 2.04. The van der Waals surface area contributed by atoms with Gasteiger partial charge in [0.25, 0.3) is 0 Å². The second kappa shape index (κ2) is 1.70. The zero-order valence-electron chi connectivity index (χ0n) is 5.11. The molecule has 4 heteroatoms. The van der Waals surface area contributed by atoms with Crippen LogP contribution in [0.2, 0.25) is 0 Å². The van der Waals surface area contributed by atoms with E-state index in [4.69, 9.17) is 9.93 Å². The van der Waals surface area contributed by atoms with E-state index in [1.807, 2.05) is 0 Å². The maximum Gasteiger partial charge on any atom is 0.187 e. The lowest BCUT2D eigenvalue weighted by Crippen LogP contribution is -1.86. The molecular formula is C6H5N3O. The van der Waals surface area contributed by atoms with Crippen molar-refractivity contribution in [3.8, 4) is 0 Å². The molecule has 0 radical (unpaired) electrons. The zero-order valence-corrected chi connectivity index (χ0v) is 5.11. The molecule has 0 aliphatic rings. The van der Waals surface area contributed by atoms with Crippen LogP contribution in [-0.4, -0.2) is 15.8 Å². The van der Waals surface area contributed by atoms with Crippen LogP contribution in [0.4, 0.5) is 0 Å². The molecule has 0 fully saturated rings. The van der Waals surface area contributed by atoms with Crippen molar-refractivity contribution in [2.45, 2.75) is 0 Å². The van der Waals surface area contributed by atoms with Crippen LogP contribution in [0.25, 0.3) is 5.52 Å². The Morgan fingerprint density at radius 3 is 3.40 bits per heavy atom. The summed E-state index contributed by atoms with van der Waals surface area (Å²) in [6.07, 6.45) is 4.37. The maximum atomic E-state index is 6.91. The number of nitrogens with zero attached hydrogens (tertiary/aromatic N) is 2. The van der Waals surface area contributed by atoms with Crippen molar-refractivity contribution in [2.24, 2.45) is 0 Å². The highest BCUT2D eigenvalue weighted by atomic mass is 16.5. The SMILES string of the molecule is N=Cc1ncc2ccon12. The van der Waals surface area contributed by atoms with E-state index >= 15 is 0 Å². The molecule has 0 saturated heterocycles. The molecule has 50 valence electrons. The fourth-order valence-corrected chi connectivity index (χ4v) is 0.852. The Bertz CT molecular complexity index is 360. The minimum absolute atomic E-state index is 0.514. The van der Waals surface area contributed by atoms with Crippen LogP contribution in [0.5, 0.6) is 0 Å². The van der Waals surface area contributed by atoms with Crippen molar-refractivity contribution in [1.29, 1.82) is 5.41 Å². The maximum absolute atomic E-state index is 6.91. The van der Waals surface area contributed by atoms with Gasteiger partial charge in [0.15, 0.2) is 5.82 Å². The first-order chi connectivity index (χ1) is 4.92. The smallest absolute Gasteiger partial charge is 0.187 e. The Kier molecular flexibility index (Phi) is 0.887. The van der Waals surface area contributed by atoms with Crippen molar-refractivity contribution in [2.75, 3.05) is 0 Å². The van der Waals surface area contributed by atoms with E-state index in [0.717, 1.165) is 11.7 Å². The third-order valence-corrected chi connectivity index (χ3v) is 1.31. The number of hydrogen-bond acceptors (Lipinski definition) is 3. The molecule has 0 atom stereocenters. The van der Waals surface area contributed by atoms with Crippen LogP contribution < -0.4 is 0 Å². The number of aromatic nitrogens is 2. The molecule has 0 unspecified atom stereocenters. The molecule has 2 heterocycles. The van der Waals surface area contributed by atoms with Crippen LogP contribution in [0, 0.1) is 5.41 Å². The van der Waals surface area contributed by atoms with Crippen molar-refractivity contribution >= 4 is 11.7 Å². The Morgan fingerprint density at radius 1 is 1.70 bits per heavy atom. The normalized spacial score (nSPS) is 10.4. The minimum Gasteiger partial charge on any atom is -0.381 e. The largest absolute Gasteiger partial charge is 0.381 e. The minimum atomic E-state index is 0.514. The number of hydrogen-bond donors (Lipinski definition) is 1. The van der Waals surface area contributed by atoms with Gasteiger partial charge in [-0.2, -0.15) is 4.57 Å². The third-order valence-electron chi connectivity index (χ3n) is 1.31. The first-order valence-corrected chi connectivity index (χ1v) is 2.84. The Hall–Kier alpha value is -1.58. The summed E-state index contributed by atoms with van der Waals surface area (Å²) in [6.45, 7) is 0. The van der Waals surface area contributed by atoms with Gasteiger partial charge in [0.2, 0.25) is 0 Å². The van der Waals surface area contributed by atoms with Gasteiger partial charge in [0, 0.05) is 6.07 Å². The molecule has 0 spiro atoms. The monoisotopic (exact) mass is 135 g/mol. The topological polar surface area (TPSA) is 54.3 Å². The first-order valence-electron chi connectivity index (χ1n) is 2.84. The second-order valence-electron chi connectivity index (χ2n) is 1.89. The van der Waals surface area contributed by atoms with Crippen LogP contribution in [0.3, 0.4) is 0 Å². The van der Waals surface area contributed by atoms with Gasteiger partial charge < -0.3 is 9.93 Å². The summed E-state index contributed by atoms with van der Waals surface area (Å²) >= 11 is 0. The molecule has 2 rings (SSSR count). The molecule has 2 aromatic rings. The third kappa shape index (κ3) is 0.500. The molecule has 0 saturated carbocycles. The van der Waals surface area contributed by atoms with Crippen LogP contribution in [0.15, 0.2) is 23.0 Å². The van der Waals surface area contributed by atoms with Crippen molar-refractivity contribution in [1.82, 2.24) is 9.56 Å². The van der Waals surface area contributed by atoms with E-state index in [9.17, 15) is 0 Å². The fourth-order valence-electron chi connectivity index (χ4n) is 0.852. The second-order valence-corrected chi connectivity index (χ2v) is 1.89. The van der Waals surface area contributed by atoms with Crippen molar-refractivity contribution < 1.29 is 4.52 Å². The summed E-state index contributed by atoms with van der Waals surface area (Å²) < 4.78 is 6.48. The van der Waals surface area contributed by atoms with Crippen LogP contribution in [-0.2, 0) is 0 Å². The zero-order chi connectivity index (χ0) is 6.97. The molecule has 1 N–H and O–H groups in total. The lowest BCUT2D eigenvalue weighted by Gasteiger charge is -1.82. The Morgan fingerprint density at radius 2 is 2.60 bits per heavy atom. The molecule has 0 aliphatic heterocycles. The number of imidazole rings is 1. The van der Waals surface area contributed by atoms with E-state index < -0.39 is 0 Å². The predicted octanol–water partition coefficient (Wildman–Crippen LogP) is 0.925. The molecule has 0 aliphatic carbocycles. The number of nitrogens with one attached hydrogen (secondary N) is 1. The van der Waals surface area contributed by atoms with Crippen LogP contribution in [0.1, 0.15) is 5.82 Å². The summed E-state index contributed by atoms with van der Waals surface area (Å²) in [4.78, 5) is 3.90. The van der Waals surface area contributed by atoms with Gasteiger partial charge in [-0.05, 0) is 0 Å². The van der Waals surface area contributed by atoms with Crippen molar-refractivity contribution in [3.63, 3.8) is 0 Å². The van der Waals surface area contributed by atoms with Gasteiger partial charge >= 0.3 is 0 Å². The van der Waals surface area contributed by atoms with Gasteiger partial charge in [-0.25, -0.2) is 4.98 Å². The van der Waals surface area contributed by atoms with Gasteiger partial charge in [-0.1, -0.05) is 0 Å². The van der Waals surface area contributed by atoms with Gasteiger partial charge in [-0.3, -0.25) is 0 Å². The molecule has 0 aromatic carbocycles. The van der Waals surface area contributed by atoms with Gasteiger partial charge in [-0.15, -0.1) is 0 Å². The molecule has 4 nitrogen and oxygen atoms in total. The van der Waals surface area contributed by atoms with E-state index in [1.165, 1.54) is 4.57 Å². The van der Waals surface area contributed by atoms with Gasteiger partial charge in [0.05, 0.1) is 12.4 Å². The van der Waals surface area contributed by atoms with E-state index in [1.54, 1.807) is 18.5 Å². The molecule has 2 aromatic heterocycles. The molecular weight excluding hydrogens is 130 g/mol. The number of fused-ring (bicyclic) bond motifs is 1. The average molecular weight is 135 g/mol. The van der Waals surface area contributed by atoms with Crippen molar-refractivity contribution in [3.05, 3.63) is 24.4 Å². The van der Waals surface area contributed by atoms with E-state index in [0.29, 0.717) is 5.82 Å². The lowest BCUT2D eigenvalue weighted by molar-refractivity contribution is 0.374. The highest BCUT2D eigenvalue weighted by molar-refractivity contribution is 5.73. The average Bonchev–Trinajstić information content (AvgIpc) is 2.44. The van der Waals surface area contributed by atoms with E-state index in [2.05, 4.69) is 4.98 Å². The summed E-state index contributed by atoms with van der Waals surface area (Å²) in [5, 5.41) is 6.91.